The van der Waals surface area contributed by atoms with Crippen molar-refractivity contribution in [3.8, 4) is 22.6 Å². The molecular weight excluding hydrogens is 321 g/mol. The number of ether oxygens (including phenoxy) is 2. The molecule has 0 aliphatic heterocycles. The topological polar surface area (TPSA) is 47.7 Å². The van der Waals surface area contributed by atoms with Crippen molar-refractivity contribution in [3.05, 3.63) is 42.5 Å². The number of benzene rings is 2. The minimum absolute atomic E-state index is 0.271. The molecule has 0 saturated heterocycles. The van der Waals surface area contributed by atoms with E-state index in [4.69, 9.17) is 10.5 Å². The van der Waals surface area contributed by atoms with Crippen LogP contribution >= 0.6 is 0 Å². The Morgan fingerprint density at radius 3 is 2.42 bits per heavy atom. The number of likely N-dealkylation sites (N-methyl/N-ethyl adjacent to an activating group) is 1. The minimum atomic E-state index is -4.72. The van der Waals surface area contributed by atoms with E-state index >= 15 is 0 Å². The zero-order chi connectivity index (χ0) is 17.7. The number of halogens is 3. The Bertz CT molecular complexity index is 688. The number of anilines is 1. The second-order valence-corrected chi connectivity index (χ2v) is 5.48. The van der Waals surface area contributed by atoms with Crippen molar-refractivity contribution in [1.82, 2.24) is 4.90 Å². The molecule has 2 aromatic carbocycles. The number of nitrogens with two attached hydrogens (primary N) is 1. The summed E-state index contributed by atoms with van der Waals surface area (Å²) in [5.74, 6) is 0.225. The second kappa shape index (κ2) is 7.44. The first-order chi connectivity index (χ1) is 11.2. The maximum Gasteiger partial charge on any atom is 0.573 e. The predicted octanol–water partition coefficient (Wildman–Crippen LogP) is 3.77. The molecule has 24 heavy (non-hydrogen) atoms. The lowest BCUT2D eigenvalue weighted by atomic mass is 10.0. The molecule has 2 N–H and O–H groups in total. The molecule has 0 unspecified atom stereocenters. The van der Waals surface area contributed by atoms with Gasteiger partial charge in [0, 0.05) is 6.54 Å². The molecule has 130 valence electrons. The maximum atomic E-state index is 12.3. The van der Waals surface area contributed by atoms with Gasteiger partial charge in [-0.25, -0.2) is 0 Å². The Labute approximate surface area is 138 Å². The summed E-state index contributed by atoms with van der Waals surface area (Å²) in [5.41, 5.74) is 7.63. The highest BCUT2D eigenvalue weighted by atomic mass is 19.4. The summed E-state index contributed by atoms with van der Waals surface area (Å²) in [6, 6.07) is 10.9. The summed E-state index contributed by atoms with van der Waals surface area (Å²) in [4.78, 5) is 1.97. The lowest BCUT2D eigenvalue weighted by Gasteiger charge is -2.14. The van der Waals surface area contributed by atoms with E-state index < -0.39 is 6.36 Å². The predicted molar refractivity (Wildman–Crippen MR) is 87.0 cm³/mol. The Morgan fingerprint density at radius 1 is 1.04 bits per heavy atom. The van der Waals surface area contributed by atoms with Gasteiger partial charge in [-0.05, 0) is 49.5 Å². The summed E-state index contributed by atoms with van der Waals surface area (Å²) in [5, 5.41) is 0. The fourth-order valence-electron chi connectivity index (χ4n) is 2.05. The minimum Gasteiger partial charge on any atom is -0.490 e. The molecule has 2 rings (SSSR count). The molecule has 0 aromatic heterocycles. The van der Waals surface area contributed by atoms with E-state index in [-0.39, 0.29) is 5.75 Å². The van der Waals surface area contributed by atoms with Crippen molar-refractivity contribution in [3.63, 3.8) is 0 Å². The molecule has 0 aliphatic carbocycles. The number of rotatable bonds is 6. The number of alkyl halides is 3. The first-order valence-electron chi connectivity index (χ1n) is 7.28. The van der Waals surface area contributed by atoms with Crippen molar-refractivity contribution in [2.45, 2.75) is 6.36 Å². The van der Waals surface area contributed by atoms with Crippen LogP contribution in [0.2, 0.25) is 0 Å². The summed E-state index contributed by atoms with van der Waals surface area (Å²) in [6.07, 6.45) is -4.72. The standard InChI is InChI=1S/C17H19F3N2O2/c1-22(2)8-9-23-16-11-13(6-7-15(16)21)12-4-3-5-14(10-12)24-17(18,19)20/h3-7,10-11H,8-9,21H2,1-2H3. The zero-order valence-corrected chi connectivity index (χ0v) is 13.4. The van der Waals surface area contributed by atoms with Gasteiger partial charge in [-0.2, -0.15) is 0 Å². The summed E-state index contributed by atoms with van der Waals surface area (Å²) in [7, 11) is 3.85. The lowest BCUT2D eigenvalue weighted by molar-refractivity contribution is -0.274. The molecule has 0 atom stereocenters. The van der Waals surface area contributed by atoms with Crippen molar-refractivity contribution < 1.29 is 22.6 Å². The molecule has 0 aliphatic rings. The molecule has 0 heterocycles. The van der Waals surface area contributed by atoms with Gasteiger partial charge in [0.05, 0.1) is 5.69 Å². The molecule has 0 amide bonds. The van der Waals surface area contributed by atoms with Gasteiger partial charge in [-0.15, -0.1) is 13.2 Å². The maximum absolute atomic E-state index is 12.3. The smallest absolute Gasteiger partial charge is 0.490 e. The number of hydrogen-bond acceptors (Lipinski definition) is 4. The van der Waals surface area contributed by atoms with E-state index in [1.54, 1.807) is 24.3 Å². The Hall–Kier alpha value is -2.41. The van der Waals surface area contributed by atoms with Gasteiger partial charge in [0.25, 0.3) is 0 Å². The summed E-state index contributed by atoms with van der Waals surface area (Å²) in [6.45, 7) is 1.18. The van der Waals surface area contributed by atoms with Crippen LogP contribution < -0.4 is 15.2 Å². The fraction of sp³-hybridized carbons (Fsp3) is 0.294. The van der Waals surface area contributed by atoms with Crippen LogP contribution in [-0.4, -0.2) is 38.5 Å². The average molecular weight is 340 g/mol. The van der Waals surface area contributed by atoms with Crippen LogP contribution in [0.15, 0.2) is 42.5 Å². The van der Waals surface area contributed by atoms with E-state index in [2.05, 4.69) is 4.74 Å². The van der Waals surface area contributed by atoms with Crippen LogP contribution in [0.3, 0.4) is 0 Å². The molecule has 0 radical (unpaired) electrons. The molecule has 0 fully saturated rings. The second-order valence-electron chi connectivity index (χ2n) is 5.48. The molecule has 0 bridgehead atoms. The van der Waals surface area contributed by atoms with Crippen LogP contribution in [0, 0.1) is 0 Å². The molecule has 0 saturated carbocycles. The number of nitrogens with zero attached hydrogens (tertiary/aromatic N) is 1. The van der Waals surface area contributed by atoms with Gasteiger partial charge in [-0.1, -0.05) is 18.2 Å². The molecular formula is C17H19F3N2O2. The number of hydrogen-bond donors (Lipinski definition) is 1. The highest BCUT2D eigenvalue weighted by Crippen LogP contribution is 2.32. The lowest BCUT2D eigenvalue weighted by Crippen LogP contribution is -2.19. The van der Waals surface area contributed by atoms with Gasteiger partial charge < -0.3 is 20.1 Å². The SMILES string of the molecule is CN(C)CCOc1cc(-c2cccc(OC(F)(F)F)c2)ccc1N. The molecule has 7 heteroatoms. The number of nitrogen functional groups attached to an aromatic ring is 1. The highest BCUT2D eigenvalue weighted by molar-refractivity contribution is 5.70. The van der Waals surface area contributed by atoms with Gasteiger partial charge >= 0.3 is 6.36 Å². The first-order valence-corrected chi connectivity index (χ1v) is 7.28. The van der Waals surface area contributed by atoms with Crippen molar-refractivity contribution in [2.75, 3.05) is 33.0 Å². The van der Waals surface area contributed by atoms with E-state index in [9.17, 15) is 13.2 Å². The van der Waals surface area contributed by atoms with Gasteiger partial charge in [0.2, 0.25) is 0 Å². The van der Waals surface area contributed by atoms with Crippen LogP contribution in [0.4, 0.5) is 18.9 Å². The van der Waals surface area contributed by atoms with E-state index in [1.807, 2.05) is 19.0 Å². The monoisotopic (exact) mass is 340 g/mol. The van der Waals surface area contributed by atoms with E-state index in [0.29, 0.717) is 29.2 Å². The third-order valence-electron chi connectivity index (χ3n) is 3.21. The van der Waals surface area contributed by atoms with Crippen molar-refractivity contribution >= 4 is 5.69 Å². The largest absolute Gasteiger partial charge is 0.573 e. The van der Waals surface area contributed by atoms with Gasteiger partial charge in [-0.3, -0.25) is 0 Å². The fourth-order valence-corrected chi connectivity index (χ4v) is 2.05. The first kappa shape index (κ1) is 17.9. The quantitative estimate of drug-likeness (QED) is 0.813. The van der Waals surface area contributed by atoms with Crippen LogP contribution in [0.1, 0.15) is 0 Å². The summed E-state index contributed by atoms with van der Waals surface area (Å²) >= 11 is 0. The Kier molecular flexibility index (Phi) is 5.56. The Balaban J connectivity index is 2.21. The van der Waals surface area contributed by atoms with E-state index in [0.717, 1.165) is 6.54 Å². The summed E-state index contributed by atoms with van der Waals surface area (Å²) < 4.78 is 46.6. The third kappa shape index (κ3) is 5.34. The molecule has 4 nitrogen and oxygen atoms in total. The Morgan fingerprint density at radius 2 is 1.75 bits per heavy atom. The van der Waals surface area contributed by atoms with Gasteiger partial charge in [0.1, 0.15) is 18.1 Å². The van der Waals surface area contributed by atoms with Crippen LogP contribution in [0.25, 0.3) is 11.1 Å². The molecule has 2 aromatic rings. The van der Waals surface area contributed by atoms with Crippen LogP contribution in [-0.2, 0) is 0 Å². The van der Waals surface area contributed by atoms with Gasteiger partial charge in [0.15, 0.2) is 0 Å². The van der Waals surface area contributed by atoms with Crippen molar-refractivity contribution in [1.29, 1.82) is 0 Å². The van der Waals surface area contributed by atoms with E-state index in [1.165, 1.54) is 18.2 Å². The normalized spacial score (nSPS) is 11.6. The average Bonchev–Trinajstić information content (AvgIpc) is 2.47. The highest BCUT2D eigenvalue weighted by Gasteiger charge is 2.31. The van der Waals surface area contributed by atoms with Crippen LogP contribution in [0.5, 0.6) is 11.5 Å². The van der Waals surface area contributed by atoms with Crippen molar-refractivity contribution in [2.24, 2.45) is 0 Å². The molecule has 0 spiro atoms. The third-order valence-corrected chi connectivity index (χ3v) is 3.21. The zero-order valence-electron chi connectivity index (χ0n) is 13.4.